The van der Waals surface area contributed by atoms with Crippen molar-refractivity contribution in [1.82, 2.24) is 4.98 Å². The van der Waals surface area contributed by atoms with Crippen LogP contribution in [0.2, 0.25) is 0 Å². The van der Waals surface area contributed by atoms with Crippen LogP contribution in [0.15, 0.2) is 72.1 Å². The van der Waals surface area contributed by atoms with Gasteiger partial charge in [0.25, 0.3) is 5.91 Å². The van der Waals surface area contributed by atoms with Gasteiger partial charge in [0.1, 0.15) is 10.8 Å². The Kier molecular flexibility index (Phi) is 6.37. The van der Waals surface area contributed by atoms with Crippen LogP contribution in [0.1, 0.15) is 21.5 Å². The summed E-state index contributed by atoms with van der Waals surface area (Å²) in [5, 5.41) is 4.31. The van der Waals surface area contributed by atoms with Gasteiger partial charge in [-0.3, -0.25) is 4.79 Å². The van der Waals surface area contributed by atoms with Crippen LogP contribution >= 0.6 is 11.3 Å². The zero-order valence-corrected chi connectivity index (χ0v) is 18.2. The van der Waals surface area contributed by atoms with Crippen molar-refractivity contribution in [1.29, 1.82) is 0 Å². The van der Waals surface area contributed by atoms with E-state index in [2.05, 4.69) is 10.3 Å². The minimum Gasteiger partial charge on any atom is -0.321 e. The lowest BCUT2D eigenvalue weighted by atomic mass is 10.0. The molecule has 0 fully saturated rings. The lowest BCUT2D eigenvalue weighted by molar-refractivity contribution is -0.143. The molecule has 3 nitrogen and oxygen atoms in total. The fourth-order valence-corrected chi connectivity index (χ4v) is 4.10. The number of carbonyl (C=O) groups is 1. The lowest BCUT2D eigenvalue weighted by Gasteiger charge is -2.15. The van der Waals surface area contributed by atoms with E-state index in [9.17, 15) is 35.5 Å². The second-order valence-electron chi connectivity index (χ2n) is 7.31. The zero-order valence-electron chi connectivity index (χ0n) is 17.3. The van der Waals surface area contributed by atoms with Gasteiger partial charge in [-0.15, -0.1) is 11.3 Å². The molecule has 0 atom stereocenters. The number of thiazole rings is 1. The number of para-hydroxylation sites is 1. The van der Waals surface area contributed by atoms with Crippen LogP contribution in [-0.2, 0) is 12.4 Å². The van der Waals surface area contributed by atoms with Crippen LogP contribution in [0, 0.1) is 5.82 Å². The third-order valence-corrected chi connectivity index (χ3v) is 5.79. The van der Waals surface area contributed by atoms with E-state index in [-0.39, 0.29) is 17.3 Å². The molecular formula is C24H13F7N2OS. The average molecular weight is 510 g/mol. The van der Waals surface area contributed by atoms with Crippen molar-refractivity contribution in [3.05, 3.63) is 94.6 Å². The molecule has 3 aromatic carbocycles. The van der Waals surface area contributed by atoms with Gasteiger partial charge in [-0.25, -0.2) is 9.37 Å². The minimum absolute atomic E-state index is 0.0513. The summed E-state index contributed by atoms with van der Waals surface area (Å²) in [5.41, 5.74) is -2.96. The molecule has 0 spiro atoms. The summed E-state index contributed by atoms with van der Waals surface area (Å²) in [7, 11) is 0. The molecule has 35 heavy (non-hydrogen) atoms. The van der Waals surface area contributed by atoms with E-state index in [0.29, 0.717) is 28.4 Å². The number of benzene rings is 3. The Balaban J connectivity index is 1.69. The molecule has 0 bridgehead atoms. The highest BCUT2D eigenvalue weighted by atomic mass is 32.1. The second kappa shape index (κ2) is 9.14. The van der Waals surface area contributed by atoms with Crippen molar-refractivity contribution in [2.45, 2.75) is 12.4 Å². The molecule has 0 radical (unpaired) electrons. The highest BCUT2D eigenvalue weighted by Crippen LogP contribution is 2.37. The SMILES string of the molecule is O=C(Nc1ccccc1-c1csc(-c2ccccc2F)n1)c1cc(C(F)(F)F)cc(C(F)(F)F)c1. The summed E-state index contributed by atoms with van der Waals surface area (Å²) in [6.07, 6.45) is -10.2. The fraction of sp³-hybridized carbons (Fsp3) is 0.0833. The maximum absolute atomic E-state index is 14.1. The molecule has 1 heterocycles. The van der Waals surface area contributed by atoms with E-state index in [4.69, 9.17) is 0 Å². The summed E-state index contributed by atoms with van der Waals surface area (Å²) in [6.45, 7) is 0. The largest absolute Gasteiger partial charge is 0.416 e. The Labute approximate surface area is 197 Å². The van der Waals surface area contributed by atoms with Crippen molar-refractivity contribution in [2.24, 2.45) is 0 Å². The highest BCUT2D eigenvalue weighted by Gasteiger charge is 2.37. The van der Waals surface area contributed by atoms with Crippen LogP contribution in [-0.4, -0.2) is 10.9 Å². The van der Waals surface area contributed by atoms with Crippen LogP contribution < -0.4 is 5.32 Å². The van der Waals surface area contributed by atoms with Gasteiger partial charge in [-0.2, -0.15) is 26.3 Å². The third kappa shape index (κ3) is 5.35. The zero-order chi connectivity index (χ0) is 25.4. The molecule has 0 unspecified atom stereocenters. The molecular weight excluding hydrogens is 497 g/mol. The number of nitrogens with zero attached hydrogens (tertiary/aromatic N) is 1. The number of nitrogens with one attached hydrogen (secondary N) is 1. The first-order valence-electron chi connectivity index (χ1n) is 9.84. The molecule has 4 rings (SSSR count). The highest BCUT2D eigenvalue weighted by molar-refractivity contribution is 7.13. The molecule has 0 saturated heterocycles. The second-order valence-corrected chi connectivity index (χ2v) is 8.17. The smallest absolute Gasteiger partial charge is 0.321 e. The number of amides is 1. The van der Waals surface area contributed by atoms with Crippen molar-refractivity contribution in [3.8, 4) is 21.8 Å². The Morgan fingerprint density at radius 2 is 1.37 bits per heavy atom. The Hall–Kier alpha value is -3.73. The summed E-state index contributed by atoms with van der Waals surface area (Å²) in [4.78, 5) is 17.1. The summed E-state index contributed by atoms with van der Waals surface area (Å²) in [6, 6.07) is 12.7. The molecule has 0 aliphatic carbocycles. The first-order valence-corrected chi connectivity index (χ1v) is 10.7. The van der Waals surface area contributed by atoms with Crippen molar-refractivity contribution < 1.29 is 35.5 Å². The predicted octanol–water partition coefficient (Wildman–Crippen LogP) is 7.91. The maximum Gasteiger partial charge on any atom is 0.416 e. The Bertz CT molecular complexity index is 1360. The summed E-state index contributed by atoms with van der Waals surface area (Å²) < 4.78 is 93.0. The summed E-state index contributed by atoms with van der Waals surface area (Å²) >= 11 is 1.13. The Morgan fingerprint density at radius 3 is 1.97 bits per heavy atom. The molecule has 1 amide bonds. The molecule has 1 N–H and O–H groups in total. The number of hydrogen-bond acceptors (Lipinski definition) is 3. The van der Waals surface area contributed by atoms with Gasteiger partial charge in [-0.05, 0) is 36.4 Å². The number of halogens is 7. The average Bonchev–Trinajstić information content (AvgIpc) is 3.28. The van der Waals surface area contributed by atoms with Gasteiger partial charge < -0.3 is 5.32 Å². The van der Waals surface area contributed by atoms with E-state index in [1.54, 1.807) is 23.6 Å². The molecule has 4 aromatic rings. The predicted molar refractivity (Wildman–Crippen MR) is 117 cm³/mol. The van der Waals surface area contributed by atoms with E-state index in [1.807, 2.05) is 0 Å². The van der Waals surface area contributed by atoms with E-state index >= 15 is 0 Å². The van der Waals surface area contributed by atoms with Gasteiger partial charge in [0.2, 0.25) is 0 Å². The first-order chi connectivity index (χ1) is 16.4. The van der Waals surface area contributed by atoms with E-state index in [0.717, 1.165) is 11.3 Å². The molecule has 11 heteroatoms. The number of rotatable bonds is 4. The van der Waals surface area contributed by atoms with Crippen molar-refractivity contribution >= 4 is 22.9 Å². The van der Waals surface area contributed by atoms with Crippen LogP contribution in [0.4, 0.5) is 36.4 Å². The van der Waals surface area contributed by atoms with Crippen molar-refractivity contribution in [2.75, 3.05) is 5.32 Å². The monoisotopic (exact) mass is 510 g/mol. The van der Waals surface area contributed by atoms with Gasteiger partial charge in [0.05, 0.1) is 22.5 Å². The number of carbonyl (C=O) groups excluding carboxylic acids is 1. The van der Waals surface area contributed by atoms with Gasteiger partial charge in [-0.1, -0.05) is 30.3 Å². The number of hydrogen-bond donors (Lipinski definition) is 1. The summed E-state index contributed by atoms with van der Waals surface area (Å²) in [5.74, 6) is -1.65. The normalized spacial score (nSPS) is 12.0. The number of alkyl halides is 6. The minimum atomic E-state index is -5.09. The number of anilines is 1. The molecule has 0 aliphatic heterocycles. The van der Waals surface area contributed by atoms with E-state index in [1.165, 1.54) is 30.3 Å². The van der Waals surface area contributed by atoms with E-state index < -0.39 is 40.8 Å². The molecule has 1 aromatic heterocycles. The van der Waals surface area contributed by atoms with Crippen LogP contribution in [0.5, 0.6) is 0 Å². The quantitative estimate of drug-likeness (QED) is 0.284. The van der Waals surface area contributed by atoms with Crippen LogP contribution in [0.25, 0.3) is 21.8 Å². The Morgan fingerprint density at radius 1 is 0.800 bits per heavy atom. The van der Waals surface area contributed by atoms with Crippen LogP contribution in [0.3, 0.4) is 0 Å². The molecule has 0 aliphatic rings. The lowest BCUT2D eigenvalue weighted by Crippen LogP contribution is -2.17. The first kappa shape index (κ1) is 24.4. The van der Waals surface area contributed by atoms with Crippen molar-refractivity contribution in [3.63, 3.8) is 0 Å². The molecule has 180 valence electrons. The number of aromatic nitrogens is 1. The maximum atomic E-state index is 14.1. The van der Waals surface area contributed by atoms with Gasteiger partial charge >= 0.3 is 12.4 Å². The third-order valence-electron chi connectivity index (χ3n) is 4.91. The fourth-order valence-electron chi connectivity index (χ4n) is 3.25. The topological polar surface area (TPSA) is 42.0 Å². The van der Waals surface area contributed by atoms with Gasteiger partial charge in [0.15, 0.2) is 0 Å². The standard InChI is InChI=1S/C24H13F7N2OS/c25-18-7-3-1-5-16(18)22-33-20(12-35-22)17-6-2-4-8-19(17)32-21(34)13-9-14(23(26,27)28)11-15(10-13)24(29,30)31/h1-12H,(H,32,34). The molecule has 0 saturated carbocycles. The van der Waals surface area contributed by atoms with Gasteiger partial charge in [0, 0.05) is 22.1 Å².